The number of carbonyl (C=O) groups excluding carboxylic acids is 3. The number of rotatable bonds is 17. The van der Waals surface area contributed by atoms with Crippen molar-refractivity contribution >= 4 is 42.3 Å². The monoisotopic (exact) mass is 541 g/mol. The number of aliphatic carboxylic acids is 2. The van der Waals surface area contributed by atoms with E-state index < -0.39 is 60.2 Å². The van der Waals surface area contributed by atoms with Crippen molar-refractivity contribution in [1.82, 2.24) is 16.0 Å². The molecule has 4 unspecified atom stereocenters. The Bertz CT molecular complexity index is 930. The fraction of sp³-hybridized carbons (Fsp3) is 0.522. The van der Waals surface area contributed by atoms with Gasteiger partial charge in [0, 0.05) is 12.2 Å². The minimum absolute atomic E-state index is 0.0558. The summed E-state index contributed by atoms with van der Waals surface area (Å²) in [6, 6.07) is 1.22. The average Bonchev–Trinajstić information content (AvgIpc) is 2.85. The first-order valence-corrected chi connectivity index (χ1v) is 12.3. The molecule has 0 aliphatic carbocycles. The van der Waals surface area contributed by atoms with E-state index in [1.165, 1.54) is 12.1 Å². The number of phenolic OH excluding ortho intramolecular Hbond substituents is 1. The SMILES string of the molecule is NCCCCC(NC(=O)C(CCC(=O)O)NC(=O)C(CS)NC(=O)C(N)Cc1ccc(O)cc1)C(=O)O. The van der Waals surface area contributed by atoms with Crippen molar-refractivity contribution in [3.63, 3.8) is 0 Å². The van der Waals surface area contributed by atoms with Gasteiger partial charge in [0.1, 0.15) is 23.9 Å². The predicted octanol–water partition coefficient (Wildman–Crippen LogP) is -1.28. The van der Waals surface area contributed by atoms with Crippen molar-refractivity contribution in [2.45, 2.75) is 62.7 Å². The molecule has 0 aromatic heterocycles. The Balaban J connectivity index is 2.85. The van der Waals surface area contributed by atoms with Crippen molar-refractivity contribution in [2.75, 3.05) is 12.3 Å². The third kappa shape index (κ3) is 11.9. The maximum Gasteiger partial charge on any atom is 0.326 e. The van der Waals surface area contributed by atoms with Crippen molar-refractivity contribution < 1.29 is 39.3 Å². The largest absolute Gasteiger partial charge is 0.508 e. The molecule has 0 spiro atoms. The highest BCUT2D eigenvalue weighted by Gasteiger charge is 2.30. The minimum atomic E-state index is -1.37. The van der Waals surface area contributed by atoms with Gasteiger partial charge in [-0.05, 0) is 56.3 Å². The molecule has 3 amide bonds. The standard InChI is InChI=1S/C23H35N5O8S/c24-10-2-1-3-17(23(35)36)27-21(33)16(8-9-19(30)31)26-22(34)18(12-37)28-20(32)15(25)11-13-4-6-14(29)7-5-13/h4-7,15-18,29,37H,1-3,8-12,24-25H2,(H,26,34)(H,27,33)(H,28,32)(H,30,31)(H,35,36). The van der Waals surface area contributed by atoms with E-state index in [1.54, 1.807) is 12.1 Å². The van der Waals surface area contributed by atoms with Gasteiger partial charge in [-0.1, -0.05) is 12.1 Å². The summed E-state index contributed by atoms with van der Waals surface area (Å²) in [4.78, 5) is 60.7. The van der Waals surface area contributed by atoms with Crippen LogP contribution >= 0.6 is 12.6 Å². The van der Waals surface area contributed by atoms with E-state index in [9.17, 15) is 34.2 Å². The number of aromatic hydroxyl groups is 1. The Kier molecular flexibility index (Phi) is 14.0. The highest BCUT2D eigenvalue weighted by molar-refractivity contribution is 7.80. The zero-order valence-electron chi connectivity index (χ0n) is 20.3. The predicted molar refractivity (Wildman–Crippen MR) is 137 cm³/mol. The lowest BCUT2D eigenvalue weighted by atomic mass is 10.1. The van der Waals surface area contributed by atoms with Gasteiger partial charge in [-0.15, -0.1) is 0 Å². The molecule has 1 aromatic carbocycles. The number of carboxylic acids is 2. The summed E-state index contributed by atoms with van der Waals surface area (Å²) in [6.07, 6.45) is 0.437. The number of nitrogens with two attached hydrogens (primary N) is 2. The van der Waals surface area contributed by atoms with E-state index in [2.05, 4.69) is 28.6 Å². The number of thiol groups is 1. The first-order valence-electron chi connectivity index (χ1n) is 11.7. The van der Waals surface area contributed by atoms with Crippen LogP contribution in [0.4, 0.5) is 0 Å². The summed E-state index contributed by atoms with van der Waals surface area (Å²) in [5, 5.41) is 34.9. The van der Waals surface area contributed by atoms with Crippen LogP contribution in [-0.2, 0) is 30.4 Å². The number of carboxylic acid groups (broad SMARTS) is 2. The zero-order valence-corrected chi connectivity index (χ0v) is 21.2. The fourth-order valence-electron chi connectivity index (χ4n) is 3.28. The van der Waals surface area contributed by atoms with Gasteiger partial charge in [0.05, 0.1) is 6.04 Å². The first kappa shape index (κ1) is 31.7. The average molecular weight is 542 g/mol. The topological polar surface area (TPSA) is 234 Å². The molecule has 0 bridgehead atoms. The van der Waals surface area contributed by atoms with Crippen molar-refractivity contribution in [3.05, 3.63) is 29.8 Å². The Morgan fingerprint density at radius 3 is 1.95 bits per heavy atom. The third-order valence-electron chi connectivity index (χ3n) is 5.39. The summed E-state index contributed by atoms with van der Waals surface area (Å²) in [7, 11) is 0. The number of benzene rings is 1. The molecule has 37 heavy (non-hydrogen) atoms. The number of amides is 3. The van der Waals surface area contributed by atoms with Crippen LogP contribution in [0.5, 0.6) is 5.75 Å². The highest BCUT2D eigenvalue weighted by atomic mass is 32.1. The van der Waals surface area contributed by atoms with Crippen LogP contribution in [0.15, 0.2) is 24.3 Å². The number of carbonyl (C=O) groups is 5. The number of nitrogens with one attached hydrogen (secondary N) is 3. The van der Waals surface area contributed by atoms with Gasteiger partial charge < -0.3 is 42.7 Å². The van der Waals surface area contributed by atoms with Gasteiger partial charge in [0.15, 0.2) is 0 Å². The Morgan fingerprint density at radius 1 is 0.838 bits per heavy atom. The lowest BCUT2D eigenvalue weighted by Crippen LogP contribution is -2.57. The fourth-order valence-corrected chi connectivity index (χ4v) is 3.54. The second-order valence-electron chi connectivity index (χ2n) is 8.40. The number of hydrogen-bond donors (Lipinski definition) is 9. The molecule has 13 nitrogen and oxygen atoms in total. The summed E-state index contributed by atoms with van der Waals surface area (Å²) in [5.74, 6) is -4.96. The maximum atomic E-state index is 12.8. The molecule has 10 N–H and O–H groups in total. The van der Waals surface area contributed by atoms with Gasteiger partial charge in [-0.25, -0.2) is 4.79 Å². The van der Waals surface area contributed by atoms with E-state index in [1.807, 2.05) is 0 Å². The molecule has 0 radical (unpaired) electrons. The van der Waals surface area contributed by atoms with Crippen molar-refractivity contribution in [1.29, 1.82) is 0 Å². The Labute approximate surface area is 219 Å². The lowest BCUT2D eigenvalue weighted by Gasteiger charge is -2.24. The second-order valence-corrected chi connectivity index (χ2v) is 8.76. The quantitative estimate of drug-likeness (QED) is 0.0837. The molecule has 0 aliphatic rings. The van der Waals surface area contributed by atoms with E-state index in [0.29, 0.717) is 24.9 Å². The molecule has 1 rings (SSSR count). The zero-order chi connectivity index (χ0) is 28.0. The van der Waals surface area contributed by atoms with Crippen LogP contribution < -0.4 is 27.4 Å². The van der Waals surface area contributed by atoms with Gasteiger partial charge in [0.25, 0.3) is 0 Å². The van der Waals surface area contributed by atoms with Crippen LogP contribution in [0.25, 0.3) is 0 Å². The molecule has 0 saturated carbocycles. The normalized spacial score (nSPS) is 14.0. The molecule has 1 aromatic rings. The van der Waals surface area contributed by atoms with E-state index >= 15 is 0 Å². The highest BCUT2D eigenvalue weighted by Crippen LogP contribution is 2.11. The number of unbranched alkanes of at least 4 members (excludes halogenated alkanes) is 1. The summed E-state index contributed by atoms with van der Waals surface area (Å²) < 4.78 is 0. The molecular formula is C23H35N5O8S. The number of phenols is 1. The summed E-state index contributed by atoms with van der Waals surface area (Å²) >= 11 is 4.07. The van der Waals surface area contributed by atoms with Crippen LogP contribution in [0.2, 0.25) is 0 Å². The Morgan fingerprint density at radius 2 is 1.41 bits per heavy atom. The van der Waals surface area contributed by atoms with E-state index in [4.69, 9.17) is 16.6 Å². The first-order chi connectivity index (χ1) is 17.5. The second kappa shape index (κ2) is 16.4. The molecule has 14 heteroatoms. The van der Waals surface area contributed by atoms with Crippen LogP contribution in [-0.4, -0.2) is 81.4 Å². The molecule has 4 atom stereocenters. The third-order valence-corrected chi connectivity index (χ3v) is 5.75. The summed E-state index contributed by atoms with van der Waals surface area (Å²) in [5.41, 5.74) is 12.0. The maximum absolute atomic E-state index is 12.8. The molecule has 0 aliphatic heterocycles. The van der Waals surface area contributed by atoms with Crippen molar-refractivity contribution in [3.8, 4) is 5.75 Å². The van der Waals surface area contributed by atoms with Gasteiger partial charge in [-0.3, -0.25) is 19.2 Å². The molecule has 0 fully saturated rings. The molecular weight excluding hydrogens is 506 g/mol. The Hall–Kier alpha value is -3.36. The lowest BCUT2D eigenvalue weighted by molar-refractivity contribution is -0.143. The van der Waals surface area contributed by atoms with Crippen LogP contribution in [0.3, 0.4) is 0 Å². The summed E-state index contributed by atoms with van der Waals surface area (Å²) in [6.45, 7) is 0.354. The molecule has 0 heterocycles. The smallest absolute Gasteiger partial charge is 0.326 e. The van der Waals surface area contributed by atoms with Gasteiger partial charge >= 0.3 is 11.9 Å². The molecule has 206 valence electrons. The van der Waals surface area contributed by atoms with E-state index in [-0.39, 0.29) is 30.8 Å². The van der Waals surface area contributed by atoms with Crippen LogP contribution in [0, 0.1) is 0 Å². The van der Waals surface area contributed by atoms with Gasteiger partial charge in [-0.2, -0.15) is 12.6 Å². The van der Waals surface area contributed by atoms with Crippen LogP contribution in [0.1, 0.15) is 37.7 Å². The number of hydrogen-bond acceptors (Lipinski definition) is 9. The van der Waals surface area contributed by atoms with Gasteiger partial charge in [0.2, 0.25) is 17.7 Å². The van der Waals surface area contributed by atoms with Crippen molar-refractivity contribution in [2.24, 2.45) is 11.5 Å². The molecule has 0 saturated heterocycles. The van der Waals surface area contributed by atoms with E-state index in [0.717, 1.165) is 0 Å². The minimum Gasteiger partial charge on any atom is -0.508 e.